The van der Waals surface area contributed by atoms with E-state index in [0.717, 1.165) is 50.8 Å². The van der Waals surface area contributed by atoms with Gasteiger partial charge in [-0.25, -0.2) is 4.98 Å². The molecule has 0 unspecified atom stereocenters. The molecular weight excluding hydrogens is 376 g/mol. The molecule has 0 amide bonds. The second kappa shape index (κ2) is 11.9. The van der Waals surface area contributed by atoms with Crippen molar-refractivity contribution in [2.45, 2.75) is 13.1 Å². The van der Waals surface area contributed by atoms with Gasteiger partial charge in [0.1, 0.15) is 18.2 Å². The van der Waals surface area contributed by atoms with Gasteiger partial charge in [-0.3, -0.25) is 0 Å². The Bertz CT molecular complexity index is 708. The number of anilines is 1. The Kier molecular flexibility index (Phi) is 9.50. The number of nitrogens with one attached hydrogen (secondary N) is 1. The molecule has 154 valence electrons. The highest BCUT2D eigenvalue weighted by Gasteiger charge is 2.17. The minimum atomic E-state index is 0. The van der Waals surface area contributed by atoms with Gasteiger partial charge in [0.15, 0.2) is 0 Å². The van der Waals surface area contributed by atoms with E-state index in [1.54, 1.807) is 7.11 Å². The largest absolute Gasteiger partial charge is 0.491 e. The number of piperazine rings is 1. The normalized spacial score (nSPS) is 14.6. The molecule has 0 spiro atoms. The van der Waals surface area contributed by atoms with Crippen LogP contribution in [0.3, 0.4) is 0 Å². The molecule has 2 aromatic rings. The molecule has 0 radical (unpaired) electrons. The molecule has 1 N–H and O–H groups in total. The molecule has 3 rings (SSSR count). The summed E-state index contributed by atoms with van der Waals surface area (Å²) in [6.45, 7) is 6.97. The maximum absolute atomic E-state index is 5.69. The third kappa shape index (κ3) is 6.63. The van der Waals surface area contributed by atoms with Crippen molar-refractivity contribution in [3.63, 3.8) is 0 Å². The molecule has 1 aliphatic rings. The van der Waals surface area contributed by atoms with Crippen LogP contribution in [0.15, 0.2) is 42.6 Å². The summed E-state index contributed by atoms with van der Waals surface area (Å²) in [5.74, 6) is 1.99. The molecule has 0 bridgehead atoms. The van der Waals surface area contributed by atoms with E-state index in [2.05, 4.69) is 45.3 Å². The molecule has 1 saturated heterocycles. The summed E-state index contributed by atoms with van der Waals surface area (Å²) in [6.07, 6.45) is 1.89. The molecule has 1 aliphatic heterocycles. The number of hydrogen-bond acceptors (Lipinski definition) is 6. The predicted molar refractivity (Wildman–Crippen MR) is 116 cm³/mol. The molecule has 0 atom stereocenters. The van der Waals surface area contributed by atoms with Crippen LogP contribution in [0.1, 0.15) is 11.1 Å². The summed E-state index contributed by atoms with van der Waals surface area (Å²) in [7, 11) is 3.85. The Morgan fingerprint density at radius 3 is 2.64 bits per heavy atom. The Morgan fingerprint density at radius 1 is 1.04 bits per heavy atom. The third-order valence-corrected chi connectivity index (χ3v) is 4.77. The van der Waals surface area contributed by atoms with Crippen molar-refractivity contribution in [2.75, 3.05) is 58.5 Å². The summed E-state index contributed by atoms with van der Waals surface area (Å²) in [4.78, 5) is 9.39. The van der Waals surface area contributed by atoms with Gasteiger partial charge in [0.25, 0.3) is 0 Å². The van der Waals surface area contributed by atoms with Crippen LogP contribution in [-0.4, -0.2) is 63.4 Å². The molecule has 1 aromatic heterocycles. The van der Waals surface area contributed by atoms with Gasteiger partial charge >= 0.3 is 0 Å². The van der Waals surface area contributed by atoms with Crippen molar-refractivity contribution in [1.82, 2.24) is 15.2 Å². The van der Waals surface area contributed by atoms with E-state index in [-0.39, 0.29) is 12.4 Å². The first-order valence-corrected chi connectivity index (χ1v) is 9.55. The fourth-order valence-corrected chi connectivity index (χ4v) is 3.20. The van der Waals surface area contributed by atoms with Crippen LogP contribution >= 0.6 is 12.4 Å². The van der Waals surface area contributed by atoms with Gasteiger partial charge in [-0.1, -0.05) is 18.2 Å². The van der Waals surface area contributed by atoms with Crippen LogP contribution in [0.25, 0.3) is 0 Å². The maximum Gasteiger partial charge on any atom is 0.133 e. The van der Waals surface area contributed by atoms with Crippen molar-refractivity contribution in [1.29, 1.82) is 0 Å². The molecule has 7 heteroatoms. The molecule has 1 aromatic carbocycles. The lowest BCUT2D eigenvalue weighted by Gasteiger charge is -2.34. The highest BCUT2D eigenvalue weighted by molar-refractivity contribution is 5.85. The lowest BCUT2D eigenvalue weighted by Crippen LogP contribution is -2.45. The molecule has 1 fully saturated rings. The topological polar surface area (TPSA) is 49.9 Å². The van der Waals surface area contributed by atoms with Crippen molar-refractivity contribution < 1.29 is 9.47 Å². The maximum atomic E-state index is 5.69. The highest BCUT2D eigenvalue weighted by atomic mass is 35.5. The van der Waals surface area contributed by atoms with Crippen molar-refractivity contribution in [2.24, 2.45) is 0 Å². The van der Waals surface area contributed by atoms with E-state index in [4.69, 9.17) is 9.47 Å². The van der Waals surface area contributed by atoms with E-state index in [9.17, 15) is 0 Å². The van der Waals surface area contributed by atoms with Crippen LogP contribution in [0.2, 0.25) is 0 Å². The van der Waals surface area contributed by atoms with Gasteiger partial charge in [0, 0.05) is 58.1 Å². The molecule has 2 heterocycles. The van der Waals surface area contributed by atoms with E-state index in [0.29, 0.717) is 13.2 Å². The average molecular weight is 407 g/mol. The number of nitrogens with zero attached hydrogens (tertiary/aromatic N) is 3. The molecule has 28 heavy (non-hydrogen) atoms. The Morgan fingerprint density at radius 2 is 1.86 bits per heavy atom. The van der Waals surface area contributed by atoms with Crippen LogP contribution in [-0.2, 0) is 17.8 Å². The fourth-order valence-electron chi connectivity index (χ4n) is 3.20. The zero-order valence-corrected chi connectivity index (χ0v) is 17.6. The molecule has 0 saturated carbocycles. The van der Waals surface area contributed by atoms with Crippen LogP contribution in [0, 0.1) is 0 Å². The zero-order chi connectivity index (χ0) is 18.9. The van der Waals surface area contributed by atoms with Gasteiger partial charge in [0.05, 0.1) is 6.61 Å². The molecule has 6 nitrogen and oxygen atoms in total. The Balaban J connectivity index is 0.00000280. The standard InChI is InChI=1S/C21H30N4O2.ClH/c1-24-9-11-25(12-10-24)21-19(6-4-8-23-21)17-22-16-18-5-3-7-20(15-18)27-14-13-26-2;/h3-8,15,22H,9-14,16-17H2,1-2H3;1H. The molecular formula is C21H31ClN4O2. The first kappa shape index (κ1) is 22.4. The lowest BCUT2D eigenvalue weighted by molar-refractivity contribution is 0.146. The highest BCUT2D eigenvalue weighted by Crippen LogP contribution is 2.19. The van der Waals surface area contributed by atoms with Gasteiger partial charge in [-0.2, -0.15) is 0 Å². The van der Waals surface area contributed by atoms with E-state index >= 15 is 0 Å². The van der Waals surface area contributed by atoms with Crippen LogP contribution in [0.5, 0.6) is 5.75 Å². The van der Waals surface area contributed by atoms with Crippen LogP contribution < -0.4 is 15.0 Å². The van der Waals surface area contributed by atoms with Gasteiger partial charge < -0.3 is 24.6 Å². The fraction of sp³-hybridized carbons (Fsp3) is 0.476. The first-order valence-electron chi connectivity index (χ1n) is 9.55. The Hall–Kier alpha value is -1.86. The first-order chi connectivity index (χ1) is 13.3. The summed E-state index contributed by atoms with van der Waals surface area (Å²) in [5.41, 5.74) is 2.45. The van der Waals surface area contributed by atoms with E-state index in [1.807, 2.05) is 24.4 Å². The number of halogens is 1. The number of benzene rings is 1. The van der Waals surface area contributed by atoms with E-state index < -0.39 is 0 Å². The lowest BCUT2D eigenvalue weighted by atomic mass is 10.2. The summed E-state index contributed by atoms with van der Waals surface area (Å²) < 4.78 is 10.7. The average Bonchev–Trinajstić information content (AvgIpc) is 2.70. The van der Waals surface area contributed by atoms with Crippen LogP contribution in [0.4, 0.5) is 5.82 Å². The smallest absolute Gasteiger partial charge is 0.133 e. The number of methoxy groups -OCH3 is 1. The minimum Gasteiger partial charge on any atom is -0.491 e. The van der Waals surface area contributed by atoms with Crippen molar-refractivity contribution in [3.8, 4) is 5.75 Å². The monoisotopic (exact) mass is 406 g/mol. The molecule has 0 aliphatic carbocycles. The number of pyridine rings is 1. The quantitative estimate of drug-likeness (QED) is 0.646. The van der Waals surface area contributed by atoms with Gasteiger partial charge in [-0.15, -0.1) is 12.4 Å². The number of rotatable bonds is 9. The number of hydrogen-bond donors (Lipinski definition) is 1. The van der Waals surface area contributed by atoms with Crippen molar-refractivity contribution >= 4 is 18.2 Å². The van der Waals surface area contributed by atoms with Gasteiger partial charge in [-0.05, 0) is 30.8 Å². The summed E-state index contributed by atoms with van der Waals surface area (Å²) in [6, 6.07) is 12.4. The van der Waals surface area contributed by atoms with Crippen molar-refractivity contribution in [3.05, 3.63) is 53.7 Å². The minimum absolute atomic E-state index is 0. The number of likely N-dealkylation sites (N-methyl/N-ethyl adjacent to an activating group) is 1. The van der Waals surface area contributed by atoms with E-state index in [1.165, 1.54) is 11.1 Å². The number of ether oxygens (including phenoxy) is 2. The SMILES string of the molecule is COCCOc1cccc(CNCc2cccnc2N2CCN(C)CC2)c1.Cl. The summed E-state index contributed by atoms with van der Waals surface area (Å²) in [5, 5.41) is 3.54. The van der Waals surface area contributed by atoms with Gasteiger partial charge in [0.2, 0.25) is 0 Å². The third-order valence-electron chi connectivity index (χ3n) is 4.77. The Labute approximate surface area is 174 Å². The predicted octanol–water partition coefficient (Wildman–Crippen LogP) is 2.57. The number of aromatic nitrogens is 1. The zero-order valence-electron chi connectivity index (χ0n) is 16.8. The second-order valence-electron chi connectivity index (χ2n) is 6.87. The summed E-state index contributed by atoms with van der Waals surface area (Å²) >= 11 is 0. The second-order valence-corrected chi connectivity index (χ2v) is 6.87.